The number of carbonyl (C=O) groups excluding carboxylic acids is 1. The van der Waals surface area contributed by atoms with Gasteiger partial charge in [-0.05, 0) is 37.5 Å². The van der Waals surface area contributed by atoms with E-state index in [4.69, 9.17) is 11.6 Å². The maximum absolute atomic E-state index is 14.1. The summed E-state index contributed by atoms with van der Waals surface area (Å²) in [4.78, 5) is 15.4. The molecular weight excluding hydrogens is 291 g/mol. The average Bonchev–Trinajstić information content (AvgIpc) is 3.24. The second-order valence-electron chi connectivity index (χ2n) is 5.53. The molecule has 1 heterocycles. The molecule has 110 valence electrons. The van der Waals surface area contributed by atoms with Crippen molar-refractivity contribution in [2.24, 2.45) is 5.92 Å². The molecule has 1 aliphatic carbocycles. The van der Waals surface area contributed by atoms with E-state index >= 15 is 0 Å². The van der Waals surface area contributed by atoms with Gasteiger partial charge in [-0.3, -0.25) is 4.79 Å². The van der Waals surface area contributed by atoms with E-state index in [1.165, 1.54) is 25.0 Å². The standard InChI is InChI=1S/C16H16ClFN2O/c1-10-15(9-21)19-16(20(10)7-6-11-2-3-11)13-8-12(17)4-5-14(13)18/h4-5,8-9,11H,2-3,6-7H2,1H3. The lowest BCUT2D eigenvalue weighted by Crippen LogP contribution is -2.05. The highest BCUT2D eigenvalue weighted by Crippen LogP contribution is 2.34. The minimum atomic E-state index is -0.380. The number of rotatable bonds is 5. The molecule has 0 atom stereocenters. The molecule has 3 nitrogen and oxygen atoms in total. The Balaban J connectivity index is 2.06. The van der Waals surface area contributed by atoms with Crippen molar-refractivity contribution in [2.45, 2.75) is 32.7 Å². The van der Waals surface area contributed by atoms with E-state index in [9.17, 15) is 9.18 Å². The van der Waals surface area contributed by atoms with Gasteiger partial charge in [0.05, 0.1) is 5.56 Å². The number of nitrogens with zero attached hydrogens (tertiary/aromatic N) is 2. The van der Waals surface area contributed by atoms with Gasteiger partial charge in [-0.2, -0.15) is 0 Å². The molecule has 0 N–H and O–H groups in total. The summed E-state index contributed by atoms with van der Waals surface area (Å²) in [6.07, 6.45) is 4.27. The third-order valence-corrected chi connectivity index (χ3v) is 4.23. The topological polar surface area (TPSA) is 34.9 Å². The number of aldehydes is 1. The van der Waals surface area contributed by atoms with Gasteiger partial charge in [-0.15, -0.1) is 0 Å². The first kappa shape index (κ1) is 14.3. The van der Waals surface area contributed by atoms with Crippen molar-refractivity contribution in [3.63, 3.8) is 0 Å². The van der Waals surface area contributed by atoms with Crippen LogP contribution < -0.4 is 0 Å². The van der Waals surface area contributed by atoms with Gasteiger partial charge in [0.15, 0.2) is 6.29 Å². The van der Waals surface area contributed by atoms with Crippen LogP contribution in [-0.4, -0.2) is 15.8 Å². The molecule has 1 aromatic heterocycles. The maximum Gasteiger partial charge on any atom is 0.170 e. The molecule has 5 heteroatoms. The molecule has 0 unspecified atom stereocenters. The predicted molar refractivity (Wildman–Crippen MR) is 80.1 cm³/mol. The van der Waals surface area contributed by atoms with Crippen LogP contribution in [0.5, 0.6) is 0 Å². The van der Waals surface area contributed by atoms with Crippen LogP contribution in [0.2, 0.25) is 5.02 Å². The molecule has 0 amide bonds. The van der Waals surface area contributed by atoms with Crippen molar-refractivity contribution in [1.29, 1.82) is 0 Å². The van der Waals surface area contributed by atoms with Crippen molar-refractivity contribution >= 4 is 17.9 Å². The molecule has 1 fully saturated rings. The van der Waals surface area contributed by atoms with E-state index < -0.39 is 0 Å². The van der Waals surface area contributed by atoms with E-state index in [-0.39, 0.29) is 5.82 Å². The Morgan fingerprint density at radius 3 is 2.90 bits per heavy atom. The first-order chi connectivity index (χ1) is 10.1. The number of benzene rings is 1. The number of halogens is 2. The second kappa shape index (κ2) is 5.60. The van der Waals surface area contributed by atoms with Gasteiger partial charge < -0.3 is 4.57 Å². The summed E-state index contributed by atoms with van der Waals surface area (Å²) in [5.74, 6) is 0.855. The third kappa shape index (κ3) is 2.86. The Morgan fingerprint density at radius 1 is 1.48 bits per heavy atom. The first-order valence-corrected chi connectivity index (χ1v) is 7.45. The molecule has 0 bridgehead atoms. The van der Waals surface area contributed by atoms with Crippen molar-refractivity contribution in [2.75, 3.05) is 0 Å². The zero-order chi connectivity index (χ0) is 15.0. The van der Waals surface area contributed by atoms with E-state index in [0.29, 0.717) is 22.1 Å². The summed E-state index contributed by atoms with van der Waals surface area (Å²) in [6.45, 7) is 2.59. The van der Waals surface area contributed by atoms with Crippen LogP contribution in [-0.2, 0) is 6.54 Å². The zero-order valence-electron chi connectivity index (χ0n) is 11.8. The van der Waals surface area contributed by atoms with Gasteiger partial charge in [0.1, 0.15) is 17.3 Å². The monoisotopic (exact) mass is 306 g/mol. The van der Waals surface area contributed by atoms with Crippen LogP contribution in [0.15, 0.2) is 18.2 Å². The fourth-order valence-corrected chi connectivity index (χ4v) is 2.70. The van der Waals surface area contributed by atoms with Crippen LogP contribution in [0, 0.1) is 18.7 Å². The predicted octanol–water partition coefficient (Wildman–Crippen LogP) is 4.26. The zero-order valence-corrected chi connectivity index (χ0v) is 12.5. The van der Waals surface area contributed by atoms with Gasteiger partial charge in [-0.25, -0.2) is 9.37 Å². The summed E-state index contributed by atoms with van der Waals surface area (Å²) in [7, 11) is 0. The maximum atomic E-state index is 14.1. The molecule has 3 rings (SSSR count). The lowest BCUT2D eigenvalue weighted by atomic mass is 10.2. The van der Waals surface area contributed by atoms with Crippen molar-refractivity contribution in [3.8, 4) is 11.4 Å². The summed E-state index contributed by atoms with van der Waals surface area (Å²) >= 11 is 5.96. The van der Waals surface area contributed by atoms with E-state index in [0.717, 1.165) is 30.9 Å². The minimum Gasteiger partial charge on any atom is -0.328 e. The second-order valence-corrected chi connectivity index (χ2v) is 5.97. The van der Waals surface area contributed by atoms with Gasteiger partial charge in [0, 0.05) is 17.3 Å². The van der Waals surface area contributed by atoms with E-state index in [2.05, 4.69) is 4.98 Å². The Hall–Kier alpha value is -1.68. The van der Waals surface area contributed by atoms with Crippen LogP contribution in [0.25, 0.3) is 11.4 Å². The lowest BCUT2D eigenvalue weighted by Gasteiger charge is -2.10. The molecule has 21 heavy (non-hydrogen) atoms. The van der Waals surface area contributed by atoms with Crippen LogP contribution in [0.4, 0.5) is 4.39 Å². The van der Waals surface area contributed by atoms with Crippen LogP contribution >= 0.6 is 11.6 Å². The van der Waals surface area contributed by atoms with Crippen molar-refractivity contribution in [1.82, 2.24) is 9.55 Å². The Labute approximate surface area is 127 Å². The summed E-state index contributed by atoms with van der Waals surface area (Å²) in [6, 6.07) is 4.39. The molecular formula is C16H16ClFN2O. The van der Waals surface area contributed by atoms with Gasteiger partial charge >= 0.3 is 0 Å². The average molecular weight is 307 g/mol. The van der Waals surface area contributed by atoms with Gasteiger partial charge in [0.25, 0.3) is 0 Å². The quantitative estimate of drug-likeness (QED) is 0.773. The lowest BCUT2D eigenvalue weighted by molar-refractivity contribution is 0.111. The smallest absolute Gasteiger partial charge is 0.170 e. The van der Waals surface area contributed by atoms with E-state index in [1.807, 2.05) is 11.5 Å². The van der Waals surface area contributed by atoms with Crippen LogP contribution in [0.3, 0.4) is 0 Å². The SMILES string of the molecule is Cc1c(C=O)nc(-c2cc(Cl)ccc2F)n1CCC1CC1. The fraction of sp³-hybridized carbons (Fsp3) is 0.375. The highest BCUT2D eigenvalue weighted by atomic mass is 35.5. The first-order valence-electron chi connectivity index (χ1n) is 7.08. The Kier molecular flexibility index (Phi) is 3.81. The molecule has 1 aromatic carbocycles. The van der Waals surface area contributed by atoms with Gasteiger partial charge in [0.2, 0.25) is 0 Å². The largest absolute Gasteiger partial charge is 0.328 e. The third-order valence-electron chi connectivity index (χ3n) is 4.00. The molecule has 1 saturated carbocycles. The number of hydrogen-bond donors (Lipinski definition) is 0. The molecule has 0 aliphatic heterocycles. The number of hydrogen-bond acceptors (Lipinski definition) is 2. The Morgan fingerprint density at radius 2 is 2.24 bits per heavy atom. The Bertz CT molecular complexity index is 692. The molecule has 0 radical (unpaired) electrons. The summed E-state index contributed by atoms with van der Waals surface area (Å²) in [5.41, 5.74) is 1.48. The number of carbonyl (C=O) groups is 1. The number of imidazole rings is 1. The normalized spacial score (nSPS) is 14.4. The minimum absolute atomic E-state index is 0.342. The highest BCUT2D eigenvalue weighted by Gasteiger charge is 2.23. The fourth-order valence-electron chi connectivity index (χ4n) is 2.53. The van der Waals surface area contributed by atoms with Gasteiger partial charge in [-0.1, -0.05) is 24.4 Å². The van der Waals surface area contributed by atoms with Crippen LogP contribution in [0.1, 0.15) is 35.4 Å². The molecule has 1 aliphatic rings. The highest BCUT2D eigenvalue weighted by molar-refractivity contribution is 6.30. The molecule has 2 aromatic rings. The molecule has 0 spiro atoms. The van der Waals surface area contributed by atoms with E-state index in [1.54, 1.807) is 6.07 Å². The summed E-state index contributed by atoms with van der Waals surface area (Å²) in [5, 5.41) is 0.452. The van der Waals surface area contributed by atoms with Crippen molar-refractivity contribution < 1.29 is 9.18 Å². The number of aromatic nitrogens is 2. The summed E-state index contributed by atoms with van der Waals surface area (Å²) < 4.78 is 16.0. The van der Waals surface area contributed by atoms with Crippen molar-refractivity contribution in [3.05, 3.63) is 40.4 Å². The molecule has 0 saturated heterocycles.